The van der Waals surface area contributed by atoms with E-state index in [0.717, 1.165) is 10.7 Å². The van der Waals surface area contributed by atoms with Gasteiger partial charge in [-0.3, -0.25) is 0 Å². The third-order valence-electron chi connectivity index (χ3n) is 4.94. The minimum Gasteiger partial charge on any atom is -0.386 e. The van der Waals surface area contributed by atoms with E-state index < -0.39 is 30.1 Å². The second-order valence-electron chi connectivity index (χ2n) is 7.11. The van der Waals surface area contributed by atoms with Gasteiger partial charge in [-0.2, -0.15) is 23.3 Å². The first-order chi connectivity index (χ1) is 15.3. The number of alkyl halides is 3. The molecule has 1 atom stereocenters. The van der Waals surface area contributed by atoms with Crippen molar-refractivity contribution in [1.29, 1.82) is 0 Å². The molecule has 5 nitrogen and oxygen atoms in total. The molecule has 0 saturated carbocycles. The van der Waals surface area contributed by atoms with Gasteiger partial charge in [0.05, 0.1) is 18.2 Å². The maximum absolute atomic E-state index is 13.3. The minimum atomic E-state index is -4.64. The van der Waals surface area contributed by atoms with E-state index in [9.17, 15) is 23.1 Å². The van der Waals surface area contributed by atoms with Crippen LogP contribution in [0.5, 0.6) is 0 Å². The first kappa shape index (κ1) is 21.5. The van der Waals surface area contributed by atoms with Crippen LogP contribution in [0.3, 0.4) is 0 Å². The number of aromatic nitrogens is 3. The predicted octanol–water partition coefficient (Wildman–Crippen LogP) is 4.72. The van der Waals surface area contributed by atoms with Gasteiger partial charge >= 0.3 is 11.9 Å². The monoisotopic (exact) mass is 437 g/mol. The van der Waals surface area contributed by atoms with Gasteiger partial charge in [0.25, 0.3) is 0 Å². The lowest BCUT2D eigenvalue weighted by molar-refractivity contribution is -0.139. The minimum absolute atomic E-state index is 0.331. The molecule has 4 rings (SSSR count). The zero-order chi connectivity index (χ0) is 22.7. The van der Waals surface area contributed by atoms with Crippen molar-refractivity contribution in [2.24, 2.45) is 0 Å². The SMILES string of the molecule is O=c1nc(-c2ccccc2)c(-c2ccccc2)nn1C[C@H](O)c1ccccc1C(F)(F)F. The van der Waals surface area contributed by atoms with Crippen LogP contribution in [-0.4, -0.2) is 19.9 Å². The van der Waals surface area contributed by atoms with Crippen molar-refractivity contribution in [3.8, 4) is 22.5 Å². The van der Waals surface area contributed by atoms with E-state index in [0.29, 0.717) is 22.5 Å². The number of hydrogen-bond acceptors (Lipinski definition) is 4. The fourth-order valence-corrected chi connectivity index (χ4v) is 3.43. The Kier molecular flexibility index (Phi) is 5.87. The highest BCUT2D eigenvalue weighted by atomic mass is 19.4. The zero-order valence-electron chi connectivity index (χ0n) is 16.7. The van der Waals surface area contributed by atoms with Gasteiger partial charge in [-0.15, -0.1) is 0 Å². The molecule has 1 N–H and O–H groups in total. The summed E-state index contributed by atoms with van der Waals surface area (Å²) in [5.41, 5.74) is 0.0201. The van der Waals surface area contributed by atoms with E-state index in [1.165, 1.54) is 18.2 Å². The lowest BCUT2D eigenvalue weighted by atomic mass is 10.0. The molecule has 162 valence electrons. The van der Waals surface area contributed by atoms with E-state index in [4.69, 9.17) is 0 Å². The third kappa shape index (κ3) is 4.45. The maximum atomic E-state index is 13.3. The molecule has 1 aromatic heterocycles. The number of benzene rings is 3. The summed E-state index contributed by atoms with van der Waals surface area (Å²) in [5, 5.41) is 14.9. The molecule has 0 radical (unpaired) electrons. The smallest absolute Gasteiger partial charge is 0.386 e. The summed E-state index contributed by atoms with van der Waals surface area (Å²) in [6.07, 6.45) is -6.24. The number of halogens is 3. The van der Waals surface area contributed by atoms with Crippen LogP contribution in [0.2, 0.25) is 0 Å². The number of nitrogens with zero attached hydrogens (tertiary/aromatic N) is 3. The summed E-state index contributed by atoms with van der Waals surface area (Å²) in [4.78, 5) is 16.9. The van der Waals surface area contributed by atoms with E-state index >= 15 is 0 Å². The second kappa shape index (κ2) is 8.76. The molecule has 0 bridgehead atoms. The summed E-state index contributed by atoms with van der Waals surface area (Å²) in [6.45, 7) is -0.478. The van der Waals surface area contributed by atoms with Gasteiger partial charge in [-0.25, -0.2) is 9.48 Å². The molecule has 1 heterocycles. The number of rotatable bonds is 5. The Bertz CT molecular complexity index is 1270. The van der Waals surface area contributed by atoms with Gasteiger partial charge < -0.3 is 5.11 Å². The van der Waals surface area contributed by atoms with Crippen LogP contribution in [0.4, 0.5) is 13.2 Å². The Balaban J connectivity index is 1.79. The van der Waals surface area contributed by atoms with Crippen molar-refractivity contribution in [3.63, 3.8) is 0 Å². The molecule has 0 saturated heterocycles. The second-order valence-corrected chi connectivity index (χ2v) is 7.11. The van der Waals surface area contributed by atoms with Gasteiger partial charge in [0.1, 0.15) is 11.4 Å². The van der Waals surface area contributed by atoms with E-state index in [-0.39, 0.29) is 5.56 Å². The fourth-order valence-electron chi connectivity index (χ4n) is 3.43. The van der Waals surface area contributed by atoms with Gasteiger partial charge in [0, 0.05) is 11.1 Å². The number of aliphatic hydroxyl groups excluding tert-OH is 1. The van der Waals surface area contributed by atoms with Crippen molar-refractivity contribution >= 4 is 0 Å². The van der Waals surface area contributed by atoms with Crippen LogP contribution in [0, 0.1) is 0 Å². The van der Waals surface area contributed by atoms with Crippen LogP contribution in [0.1, 0.15) is 17.2 Å². The van der Waals surface area contributed by atoms with Gasteiger partial charge in [0.2, 0.25) is 0 Å². The summed E-state index contributed by atoms with van der Waals surface area (Å²) < 4.78 is 40.9. The molecule has 0 aliphatic rings. The van der Waals surface area contributed by atoms with Crippen molar-refractivity contribution < 1.29 is 18.3 Å². The highest BCUT2D eigenvalue weighted by Gasteiger charge is 2.34. The largest absolute Gasteiger partial charge is 0.416 e. The molecule has 0 aliphatic carbocycles. The highest BCUT2D eigenvalue weighted by Crippen LogP contribution is 2.35. The van der Waals surface area contributed by atoms with Crippen molar-refractivity contribution in [1.82, 2.24) is 14.8 Å². The Labute approximate surface area is 181 Å². The number of hydrogen-bond donors (Lipinski definition) is 1. The predicted molar refractivity (Wildman–Crippen MR) is 114 cm³/mol. The molecular formula is C24H18F3N3O2. The first-order valence-corrected chi connectivity index (χ1v) is 9.79. The highest BCUT2D eigenvalue weighted by molar-refractivity contribution is 5.77. The Morgan fingerprint density at radius 2 is 1.34 bits per heavy atom. The standard InChI is InChI=1S/C24H18F3N3O2/c25-24(26,27)19-14-8-7-13-18(19)20(31)15-30-23(32)28-21(16-9-3-1-4-10-16)22(29-30)17-11-5-2-6-12-17/h1-14,20,31H,15H2/t20-/m0/s1. The molecule has 4 aromatic rings. The van der Waals surface area contributed by atoms with Crippen LogP contribution >= 0.6 is 0 Å². The van der Waals surface area contributed by atoms with Crippen LogP contribution in [0.25, 0.3) is 22.5 Å². The molecule has 32 heavy (non-hydrogen) atoms. The summed E-state index contributed by atoms with van der Waals surface area (Å²) >= 11 is 0. The average Bonchev–Trinajstić information content (AvgIpc) is 2.80. The molecular weight excluding hydrogens is 419 g/mol. The van der Waals surface area contributed by atoms with E-state index in [1.807, 2.05) is 12.1 Å². The normalized spacial score (nSPS) is 12.5. The Hall–Kier alpha value is -3.78. The van der Waals surface area contributed by atoms with E-state index in [1.54, 1.807) is 48.5 Å². The summed E-state index contributed by atoms with van der Waals surface area (Å²) in [6, 6.07) is 22.7. The van der Waals surface area contributed by atoms with E-state index in [2.05, 4.69) is 10.1 Å². The van der Waals surface area contributed by atoms with Crippen molar-refractivity contribution in [3.05, 3.63) is 107 Å². The average molecular weight is 437 g/mol. The molecule has 0 aliphatic heterocycles. The Morgan fingerprint density at radius 1 is 0.812 bits per heavy atom. The van der Waals surface area contributed by atoms with Crippen molar-refractivity contribution in [2.75, 3.05) is 0 Å². The van der Waals surface area contributed by atoms with Gasteiger partial charge in [-0.05, 0) is 11.6 Å². The lowest BCUT2D eigenvalue weighted by Gasteiger charge is -2.18. The van der Waals surface area contributed by atoms with Crippen LogP contribution in [-0.2, 0) is 12.7 Å². The molecule has 8 heteroatoms. The molecule has 3 aromatic carbocycles. The summed E-state index contributed by atoms with van der Waals surface area (Å²) in [5.74, 6) is 0. The molecule has 0 unspecified atom stereocenters. The lowest BCUT2D eigenvalue weighted by Crippen LogP contribution is -2.30. The maximum Gasteiger partial charge on any atom is 0.416 e. The molecule has 0 spiro atoms. The summed E-state index contributed by atoms with van der Waals surface area (Å²) in [7, 11) is 0. The first-order valence-electron chi connectivity index (χ1n) is 9.79. The third-order valence-corrected chi connectivity index (χ3v) is 4.94. The Morgan fingerprint density at radius 3 is 1.94 bits per heavy atom. The van der Waals surface area contributed by atoms with Gasteiger partial charge in [0.15, 0.2) is 0 Å². The fraction of sp³-hybridized carbons (Fsp3) is 0.125. The molecule has 0 fully saturated rings. The van der Waals surface area contributed by atoms with Crippen molar-refractivity contribution in [2.45, 2.75) is 18.8 Å². The van der Waals surface area contributed by atoms with Crippen LogP contribution < -0.4 is 5.69 Å². The zero-order valence-corrected chi connectivity index (χ0v) is 16.7. The number of aliphatic hydroxyl groups is 1. The molecule has 0 amide bonds. The topological polar surface area (TPSA) is 68.0 Å². The van der Waals surface area contributed by atoms with Crippen LogP contribution in [0.15, 0.2) is 89.7 Å². The quantitative estimate of drug-likeness (QED) is 0.490. The van der Waals surface area contributed by atoms with Gasteiger partial charge in [-0.1, -0.05) is 78.9 Å².